The van der Waals surface area contributed by atoms with Gasteiger partial charge in [0.25, 0.3) is 0 Å². The second kappa shape index (κ2) is 11.5. The van der Waals surface area contributed by atoms with Gasteiger partial charge in [0.15, 0.2) is 0 Å². The lowest BCUT2D eigenvalue weighted by atomic mass is 9.76. The Hall–Kier alpha value is -2.92. The first-order chi connectivity index (χ1) is 19.1. The number of hydrogen-bond acceptors (Lipinski definition) is 5. The summed E-state index contributed by atoms with van der Waals surface area (Å²) in [6.07, 6.45) is -3.90. The monoisotopic (exact) mass is 573 g/mol. The number of nitrogens with one attached hydrogen (secondary N) is 1. The van der Waals surface area contributed by atoms with Gasteiger partial charge in [0, 0.05) is 30.3 Å². The van der Waals surface area contributed by atoms with Crippen molar-refractivity contribution in [1.82, 2.24) is 4.31 Å². The second-order valence-electron chi connectivity index (χ2n) is 10.6. The molecule has 40 heavy (non-hydrogen) atoms. The number of rotatable bonds is 8. The van der Waals surface area contributed by atoms with Gasteiger partial charge in [-0.2, -0.15) is 17.5 Å². The van der Waals surface area contributed by atoms with Crippen molar-refractivity contribution in [1.29, 1.82) is 0 Å². The van der Waals surface area contributed by atoms with Crippen LogP contribution in [0.4, 0.5) is 18.9 Å². The first-order valence-corrected chi connectivity index (χ1v) is 15.0. The fraction of sp³-hybridized carbons (Fsp3) is 0.400. The summed E-state index contributed by atoms with van der Waals surface area (Å²) in [4.78, 5) is 0.190. The first kappa shape index (κ1) is 28.6. The third-order valence-corrected chi connectivity index (χ3v) is 9.69. The van der Waals surface area contributed by atoms with Gasteiger partial charge in [-0.15, -0.1) is 0 Å². The van der Waals surface area contributed by atoms with Crippen molar-refractivity contribution in [3.63, 3.8) is 0 Å². The molecule has 2 aliphatic heterocycles. The van der Waals surface area contributed by atoms with Crippen molar-refractivity contribution >= 4 is 15.7 Å². The van der Waals surface area contributed by atoms with Gasteiger partial charge in [0.05, 0.1) is 28.7 Å². The summed E-state index contributed by atoms with van der Waals surface area (Å²) in [5, 5.41) is 3.46. The number of aryl methyl sites for hydroxylation is 1. The number of anilines is 1. The Kier molecular flexibility index (Phi) is 8.24. The fourth-order valence-electron chi connectivity index (χ4n) is 5.72. The predicted octanol–water partition coefficient (Wildman–Crippen LogP) is 6.06. The number of benzene rings is 3. The van der Waals surface area contributed by atoms with E-state index < -0.39 is 34.0 Å². The molecule has 0 aliphatic carbocycles. The van der Waals surface area contributed by atoms with Crippen molar-refractivity contribution in [3.05, 3.63) is 95.1 Å². The maximum Gasteiger partial charge on any atom is 0.416 e. The molecule has 2 heterocycles. The van der Waals surface area contributed by atoms with Gasteiger partial charge >= 0.3 is 6.18 Å². The van der Waals surface area contributed by atoms with Crippen LogP contribution in [0.25, 0.3) is 0 Å². The molecule has 1 saturated heterocycles. The van der Waals surface area contributed by atoms with Crippen molar-refractivity contribution in [3.8, 4) is 0 Å². The van der Waals surface area contributed by atoms with Crippen LogP contribution in [-0.4, -0.2) is 38.5 Å². The van der Waals surface area contributed by atoms with Gasteiger partial charge in [-0.05, 0) is 68.6 Å². The molecule has 3 aromatic rings. The number of fused-ring (bicyclic) bond motifs is 3. The lowest BCUT2D eigenvalue weighted by Crippen LogP contribution is -2.45. The summed E-state index contributed by atoms with van der Waals surface area (Å²) in [6.45, 7) is 2.54. The average Bonchev–Trinajstić information content (AvgIpc) is 2.94. The smallest absolute Gasteiger partial charge is 0.378 e. The van der Waals surface area contributed by atoms with Crippen LogP contribution in [0.3, 0.4) is 0 Å². The molecule has 1 fully saturated rings. The zero-order chi connectivity index (χ0) is 28.5. The van der Waals surface area contributed by atoms with E-state index in [2.05, 4.69) is 5.32 Å². The number of alkyl halides is 3. The van der Waals surface area contributed by atoms with E-state index in [1.54, 1.807) is 24.3 Å². The van der Waals surface area contributed by atoms with Crippen molar-refractivity contribution in [2.24, 2.45) is 11.7 Å². The highest BCUT2D eigenvalue weighted by Gasteiger charge is 2.44. The van der Waals surface area contributed by atoms with Crippen molar-refractivity contribution in [2.75, 3.05) is 25.0 Å². The quantitative estimate of drug-likeness (QED) is 0.343. The largest absolute Gasteiger partial charge is 0.416 e. The molecular weight excluding hydrogens is 539 g/mol. The second-order valence-corrected chi connectivity index (χ2v) is 12.5. The number of halogens is 3. The Bertz CT molecular complexity index is 1420. The minimum absolute atomic E-state index is 0.0944. The highest BCUT2D eigenvalue weighted by molar-refractivity contribution is 7.89. The number of sulfonamides is 1. The zero-order valence-electron chi connectivity index (χ0n) is 22.3. The van der Waals surface area contributed by atoms with Gasteiger partial charge in [0.2, 0.25) is 10.0 Å². The highest BCUT2D eigenvalue weighted by Crippen LogP contribution is 2.51. The van der Waals surface area contributed by atoms with E-state index in [4.69, 9.17) is 10.5 Å². The SMILES string of the molecule is Cc1ccc(S(=O)(=O)N(CCCN)C[C@H]2CC[C@@H]3[C@H](O2)c2cc(C(F)(F)F)ccc2N[C@H]3c2ccccc2)cc1. The van der Waals surface area contributed by atoms with Crippen LogP contribution < -0.4 is 11.1 Å². The highest BCUT2D eigenvalue weighted by atomic mass is 32.2. The van der Waals surface area contributed by atoms with E-state index in [9.17, 15) is 21.6 Å². The van der Waals surface area contributed by atoms with Gasteiger partial charge in [-0.1, -0.05) is 48.0 Å². The molecule has 10 heteroatoms. The molecule has 3 aromatic carbocycles. The number of ether oxygens (including phenoxy) is 1. The van der Waals surface area contributed by atoms with Crippen LogP contribution in [0, 0.1) is 12.8 Å². The van der Waals surface area contributed by atoms with Crippen LogP contribution in [-0.2, 0) is 20.9 Å². The molecule has 2 aliphatic rings. The molecule has 0 unspecified atom stereocenters. The van der Waals surface area contributed by atoms with Crippen molar-refractivity contribution in [2.45, 2.75) is 55.5 Å². The van der Waals surface area contributed by atoms with Gasteiger partial charge in [-0.3, -0.25) is 0 Å². The van der Waals surface area contributed by atoms with Gasteiger partial charge in [-0.25, -0.2) is 8.42 Å². The molecule has 0 spiro atoms. The summed E-state index contributed by atoms with van der Waals surface area (Å²) < 4.78 is 76.1. The molecule has 214 valence electrons. The Morgan fingerprint density at radius 3 is 2.42 bits per heavy atom. The molecule has 4 atom stereocenters. The Morgan fingerprint density at radius 1 is 1.02 bits per heavy atom. The van der Waals surface area contributed by atoms with E-state index in [0.717, 1.165) is 17.2 Å². The molecule has 0 saturated carbocycles. The first-order valence-electron chi connectivity index (χ1n) is 13.5. The molecular formula is C30H34F3N3O3S. The van der Waals surface area contributed by atoms with Crippen molar-refractivity contribution < 1.29 is 26.3 Å². The summed E-state index contributed by atoms with van der Waals surface area (Å²) in [7, 11) is -3.82. The standard InChI is InChI=1S/C30H34F3N3O3S/c1-20-8-12-24(13-9-20)40(37,38)36(17-5-16-34)19-23-11-14-25-28(21-6-3-2-4-7-21)35-27-15-10-22(30(31,32)33)18-26(27)29(25)39-23/h2-4,6-10,12-13,15,18,23,25,28-29,35H,5,11,14,16-17,19,34H2,1H3/t23-,25+,28+,29+/m1/s1. The van der Waals surface area contributed by atoms with E-state index >= 15 is 0 Å². The summed E-state index contributed by atoms with van der Waals surface area (Å²) >= 11 is 0. The maximum absolute atomic E-state index is 13.7. The topological polar surface area (TPSA) is 84.7 Å². The third kappa shape index (κ3) is 5.90. The molecule has 0 bridgehead atoms. The number of nitrogens with zero attached hydrogens (tertiary/aromatic N) is 1. The Morgan fingerprint density at radius 2 is 1.75 bits per heavy atom. The number of hydrogen-bond donors (Lipinski definition) is 2. The maximum atomic E-state index is 13.7. The van der Waals surface area contributed by atoms with Crippen LogP contribution in [0.15, 0.2) is 77.7 Å². The molecule has 0 radical (unpaired) electrons. The minimum atomic E-state index is -4.49. The summed E-state index contributed by atoms with van der Waals surface area (Å²) in [5.41, 5.74) is 8.00. The molecule has 3 N–H and O–H groups in total. The fourth-order valence-corrected chi connectivity index (χ4v) is 7.23. The number of nitrogens with two attached hydrogens (primary N) is 1. The Labute approximate surface area is 233 Å². The van der Waals surface area contributed by atoms with Gasteiger partial charge in [0.1, 0.15) is 0 Å². The average molecular weight is 574 g/mol. The Balaban J connectivity index is 1.46. The molecule has 5 rings (SSSR count). The van der Waals surface area contributed by atoms with Gasteiger partial charge < -0.3 is 15.8 Å². The summed E-state index contributed by atoms with van der Waals surface area (Å²) in [6, 6.07) is 20.0. The predicted molar refractivity (Wildman–Crippen MR) is 148 cm³/mol. The third-order valence-electron chi connectivity index (χ3n) is 7.81. The molecule has 0 amide bonds. The van der Waals surface area contributed by atoms with E-state index in [-0.39, 0.29) is 29.9 Å². The normalized spacial score (nSPS) is 22.9. The molecule has 6 nitrogen and oxygen atoms in total. The van der Waals surface area contributed by atoms with Crippen LogP contribution in [0.5, 0.6) is 0 Å². The minimum Gasteiger partial charge on any atom is -0.378 e. The summed E-state index contributed by atoms with van der Waals surface area (Å²) in [5.74, 6) is -0.124. The lowest BCUT2D eigenvalue weighted by molar-refractivity contribution is -0.138. The van der Waals surface area contributed by atoms with Crippen LogP contribution in [0.2, 0.25) is 0 Å². The lowest BCUT2D eigenvalue weighted by Gasteiger charge is -2.46. The van der Waals surface area contributed by atoms with E-state index in [0.29, 0.717) is 37.1 Å². The van der Waals surface area contributed by atoms with Crippen LogP contribution >= 0.6 is 0 Å². The molecule has 0 aromatic heterocycles. The van der Waals surface area contributed by atoms with E-state index in [1.165, 1.54) is 16.4 Å². The zero-order valence-corrected chi connectivity index (χ0v) is 23.1. The van der Waals surface area contributed by atoms with Crippen LogP contribution in [0.1, 0.15) is 53.7 Å². The van der Waals surface area contributed by atoms with E-state index in [1.807, 2.05) is 37.3 Å².